The van der Waals surface area contributed by atoms with E-state index in [1.165, 1.54) is 18.1 Å². The number of carbonyl (C=O) groups excluding carboxylic acids is 4. The number of hydrogen-bond acceptors (Lipinski definition) is 6. The van der Waals surface area contributed by atoms with E-state index in [1.807, 2.05) is 6.07 Å². The molecule has 190 valence electrons. The summed E-state index contributed by atoms with van der Waals surface area (Å²) in [5.41, 5.74) is 1.15. The number of benzene rings is 1. The molecule has 8 nitrogen and oxygen atoms in total. The van der Waals surface area contributed by atoms with Gasteiger partial charge < -0.3 is 9.64 Å². The Balaban J connectivity index is 1.51. The molecule has 1 N–H and O–H groups in total. The largest absolute Gasteiger partial charge is 0.496 e. The number of aryl methyl sites for hydroxylation is 1. The Morgan fingerprint density at radius 3 is 2.31 bits per heavy atom. The van der Waals surface area contributed by atoms with Crippen LogP contribution < -0.4 is 10.1 Å². The lowest BCUT2D eigenvalue weighted by molar-refractivity contribution is -0.142. The minimum atomic E-state index is -0.953. The van der Waals surface area contributed by atoms with Gasteiger partial charge in [-0.2, -0.15) is 0 Å². The molecule has 2 aromatic rings. The molecule has 1 aliphatic heterocycles. The summed E-state index contributed by atoms with van der Waals surface area (Å²) >= 11 is 0. The van der Waals surface area contributed by atoms with E-state index in [0.29, 0.717) is 28.1 Å². The molecule has 1 aliphatic carbocycles. The van der Waals surface area contributed by atoms with Crippen molar-refractivity contribution >= 4 is 23.5 Å². The summed E-state index contributed by atoms with van der Waals surface area (Å²) in [6.45, 7) is 7.43. The van der Waals surface area contributed by atoms with Gasteiger partial charge in [-0.3, -0.25) is 24.7 Å². The summed E-state index contributed by atoms with van der Waals surface area (Å²) < 4.78 is 18.9. The average Bonchev–Trinajstić information content (AvgIpc) is 2.77. The molecule has 0 radical (unpaired) electrons. The first-order chi connectivity index (χ1) is 16.8. The van der Waals surface area contributed by atoms with Gasteiger partial charge in [0.2, 0.25) is 5.91 Å². The van der Waals surface area contributed by atoms with Gasteiger partial charge in [0.25, 0.3) is 0 Å². The summed E-state index contributed by atoms with van der Waals surface area (Å²) in [5.74, 6) is -1.82. The van der Waals surface area contributed by atoms with Crippen LogP contribution in [0.4, 0.5) is 9.18 Å². The van der Waals surface area contributed by atoms with Crippen molar-refractivity contribution in [1.29, 1.82) is 0 Å². The van der Waals surface area contributed by atoms with Crippen molar-refractivity contribution in [3.63, 3.8) is 0 Å². The van der Waals surface area contributed by atoms with Crippen LogP contribution in [-0.2, 0) is 14.4 Å². The van der Waals surface area contributed by atoms with Gasteiger partial charge in [0.05, 0.1) is 19.0 Å². The number of ketones is 2. The maximum absolute atomic E-state index is 13.3. The third-order valence-corrected chi connectivity index (χ3v) is 6.86. The number of amides is 3. The van der Waals surface area contributed by atoms with Crippen LogP contribution in [0.1, 0.15) is 50.7 Å². The van der Waals surface area contributed by atoms with E-state index in [-0.39, 0.29) is 43.4 Å². The van der Waals surface area contributed by atoms with Crippen molar-refractivity contribution in [3.8, 4) is 17.0 Å². The summed E-state index contributed by atoms with van der Waals surface area (Å²) in [6.07, 6.45) is 1.44. The molecule has 36 heavy (non-hydrogen) atoms. The first-order valence-corrected chi connectivity index (χ1v) is 11.8. The molecule has 1 saturated heterocycles. The van der Waals surface area contributed by atoms with E-state index in [0.717, 1.165) is 6.20 Å². The van der Waals surface area contributed by atoms with Gasteiger partial charge in [-0.05, 0) is 36.8 Å². The SMILES string of the molecule is COc1cc(-c2ccc(F)cn2)cc(C)c1C1C(=O)CC2(CC1=O)CN(C(=O)NC(=O)C(C)(C)C)C2. The van der Waals surface area contributed by atoms with E-state index in [2.05, 4.69) is 10.3 Å². The molecule has 1 aromatic carbocycles. The Kier molecular flexibility index (Phi) is 6.45. The van der Waals surface area contributed by atoms with Crippen molar-refractivity contribution in [2.24, 2.45) is 10.8 Å². The number of nitrogens with one attached hydrogen (secondary N) is 1. The lowest BCUT2D eigenvalue weighted by Gasteiger charge is -2.52. The van der Waals surface area contributed by atoms with Crippen LogP contribution in [0.2, 0.25) is 0 Å². The lowest BCUT2D eigenvalue weighted by atomic mass is 9.63. The van der Waals surface area contributed by atoms with Gasteiger partial charge >= 0.3 is 6.03 Å². The molecule has 2 aliphatic rings. The number of pyridine rings is 1. The Bertz CT molecular complexity index is 1220. The van der Waals surface area contributed by atoms with E-state index in [1.54, 1.807) is 39.8 Å². The molecule has 0 unspecified atom stereocenters. The van der Waals surface area contributed by atoms with Crippen LogP contribution in [-0.4, -0.2) is 53.6 Å². The van der Waals surface area contributed by atoms with Gasteiger partial charge in [0.1, 0.15) is 29.1 Å². The molecule has 2 heterocycles. The Labute approximate surface area is 209 Å². The Morgan fingerprint density at radius 1 is 1.14 bits per heavy atom. The van der Waals surface area contributed by atoms with Crippen molar-refractivity contribution in [2.45, 2.75) is 46.5 Å². The molecule has 2 fully saturated rings. The van der Waals surface area contributed by atoms with Crippen molar-refractivity contribution in [1.82, 2.24) is 15.2 Å². The zero-order chi connectivity index (χ0) is 26.4. The molecular weight excluding hydrogens is 465 g/mol. The number of aromatic nitrogens is 1. The summed E-state index contributed by atoms with van der Waals surface area (Å²) in [7, 11) is 1.47. The first-order valence-electron chi connectivity index (χ1n) is 11.8. The predicted octanol–water partition coefficient (Wildman–Crippen LogP) is 3.80. The van der Waals surface area contributed by atoms with E-state index < -0.39 is 28.6 Å². The lowest BCUT2D eigenvalue weighted by Crippen LogP contribution is -2.64. The second kappa shape index (κ2) is 9.11. The van der Waals surface area contributed by atoms with E-state index in [4.69, 9.17) is 4.74 Å². The molecule has 4 rings (SSSR count). The fourth-order valence-corrected chi connectivity index (χ4v) is 5.00. The number of carbonyl (C=O) groups is 4. The number of urea groups is 1. The maximum Gasteiger partial charge on any atom is 0.324 e. The second-order valence-corrected chi connectivity index (χ2v) is 10.9. The third kappa shape index (κ3) is 4.74. The van der Waals surface area contributed by atoms with E-state index in [9.17, 15) is 23.6 Å². The first kappa shape index (κ1) is 25.5. The number of imide groups is 1. The van der Waals surface area contributed by atoms with Crippen molar-refractivity contribution in [2.75, 3.05) is 20.2 Å². The molecular formula is C27H30FN3O5. The molecule has 9 heteroatoms. The summed E-state index contributed by atoms with van der Waals surface area (Å²) in [4.78, 5) is 56.7. The highest BCUT2D eigenvalue weighted by atomic mass is 19.1. The zero-order valence-corrected chi connectivity index (χ0v) is 21.1. The third-order valence-electron chi connectivity index (χ3n) is 6.86. The highest BCUT2D eigenvalue weighted by Crippen LogP contribution is 2.47. The smallest absolute Gasteiger partial charge is 0.324 e. The standard InChI is InChI=1S/C27H30FN3O5/c1-15-8-16(18-7-6-17(28)12-29-18)9-21(36-5)22(15)23-19(32)10-27(11-20(23)33)13-31(14-27)25(35)30-24(34)26(2,3)4/h6-9,12,23H,10-11,13-14H2,1-5H3,(H,30,34,35). The average molecular weight is 496 g/mol. The minimum absolute atomic E-state index is 0.157. The minimum Gasteiger partial charge on any atom is -0.496 e. The van der Waals surface area contributed by atoms with Gasteiger partial charge in [0.15, 0.2) is 0 Å². The normalized spacial score (nSPS) is 17.7. The number of Topliss-reactive ketones (excluding diaryl/α,β-unsaturated/α-hetero) is 2. The molecule has 0 bridgehead atoms. The quantitative estimate of drug-likeness (QED) is 0.650. The van der Waals surface area contributed by atoms with Crippen molar-refractivity contribution < 1.29 is 28.3 Å². The van der Waals surface area contributed by atoms with Gasteiger partial charge in [-0.25, -0.2) is 9.18 Å². The van der Waals surface area contributed by atoms with Gasteiger partial charge in [-0.15, -0.1) is 0 Å². The fraction of sp³-hybridized carbons (Fsp3) is 0.444. The molecule has 1 saturated carbocycles. The van der Waals surface area contributed by atoms with Crippen LogP contribution in [0.25, 0.3) is 11.3 Å². The number of methoxy groups -OCH3 is 1. The highest BCUT2D eigenvalue weighted by Gasteiger charge is 2.54. The number of ether oxygens (including phenoxy) is 1. The molecule has 1 aromatic heterocycles. The number of nitrogens with zero attached hydrogens (tertiary/aromatic N) is 2. The monoisotopic (exact) mass is 495 g/mol. The van der Waals surface area contributed by atoms with Crippen LogP contribution in [0, 0.1) is 23.6 Å². The molecule has 0 atom stereocenters. The van der Waals surface area contributed by atoms with Crippen LogP contribution in [0.5, 0.6) is 5.75 Å². The van der Waals surface area contributed by atoms with Crippen LogP contribution in [0.15, 0.2) is 30.5 Å². The molecule has 1 spiro atoms. The zero-order valence-electron chi connectivity index (χ0n) is 21.1. The Hall–Kier alpha value is -3.62. The summed E-state index contributed by atoms with van der Waals surface area (Å²) in [5, 5.41) is 2.38. The van der Waals surface area contributed by atoms with E-state index >= 15 is 0 Å². The second-order valence-electron chi connectivity index (χ2n) is 10.9. The molecule has 3 amide bonds. The Morgan fingerprint density at radius 2 is 1.78 bits per heavy atom. The predicted molar refractivity (Wildman–Crippen MR) is 130 cm³/mol. The van der Waals surface area contributed by atoms with Crippen LogP contribution >= 0.6 is 0 Å². The number of likely N-dealkylation sites (tertiary alicyclic amines) is 1. The van der Waals surface area contributed by atoms with Gasteiger partial charge in [-0.1, -0.05) is 20.8 Å². The fourth-order valence-electron chi connectivity index (χ4n) is 5.00. The number of halogens is 1. The number of hydrogen-bond donors (Lipinski definition) is 1. The summed E-state index contributed by atoms with van der Waals surface area (Å²) in [6, 6.07) is 5.87. The highest BCUT2D eigenvalue weighted by molar-refractivity contribution is 6.11. The van der Waals surface area contributed by atoms with Crippen LogP contribution in [0.3, 0.4) is 0 Å². The maximum atomic E-state index is 13.3. The van der Waals surface area contributed by atoms with Crippen molar-refractivity contribution in [3.05, 3.63) is 47.4 Å². The van der Waals surface area contributed by atoms with Gasteiger partial charge in [0, 0.05) is 47.9 Å². The number of rotatable bonds is 3. The topological polar surface area (TPSA) is 106 Å².